The van der Waals surface area contributed by atoms with Crippen LogP contribution in [0.1, 0.15) is 0 Å². The SMILES string of the molecule is COc1ccc([N+]#N)cc1.[Cl-]. The van der Waals surface area contributed by atoms with E-state index in [0.29, 0.717) is 5.69 Å². The topological polar surface area (TPSA) is 37.4 Å². The molecule has 0 atom stereocenters. The Morgan fingerprint density at radius 2 is 1.82 bits per heavy atom. The van der Waals surface area contributed by atoms with Gasteiger partial charge < -0.3 is 17.1 Å². The number of nitrogens with zero attached hydrogens (tertiary/aromatic N) is 2. The number of methoxy groups -OCH3 is 1. The molecule has 0 amide bonds. The summed E-state index contributed by atoms with van der Waals surface area (Å²) >= 11 is 0. The van der Waals surface area contributed by atoms with E-state index in [0.717, 1.165) is 5.75 Å². The third kappa shape index (κ3) is 2.44. The van der Waals surface area contributed by atoms with Crippen molar-refractivity contribution in [3.8, 4) is 5.75 Å². The number of halogens is 1. The molecule has 0 unspecified atom stereocenters. The Morgan fingerprint density at radius 3 is 2.18 bits per heavy atom. The Labute approximate surface area is 71.0 Å². The predicted octanol–water partition coefficient (Wildman–Crippen LogP) is -0.816. The third-order valence-corrected chi connectivity index (χ3v) is 1.19. The minimum Gasteiger partial charge on any atom is -1.00 e. The van der Waals surface area contributed by atoms with Gasteiger partial charge in [-0.1, -0.05) is 0 Å². The van der Waals surface area contributed by atoms with Crippen LogP contribution in [-0.2, 0) is 0 Å². The van der Waals surface area contributed by atoms with Gasteiger partial charge in [-0.15, -0.1) is 0 Å². The molecule has 0 aliphatic heterocycles. The smallest absolute Gasteiger partial charge is 0.385 e. The molecule has 1 aromatic rings. The maximum atomic E-state index is 8.29. The molecule has 0 radical (unpaired) electrons. The summed E-state index contributed by atoms with van der Waals surface area (Å²) in [5, 5.41) is 8.29. The van der Waals surface area contributed by atoms with Gasteiger partial charge in [0, 0.05) is 12.1 Å². The van der Waals surface area contributed by atoms with E-state index < -0.39 is 0 Å². The van der Waals surface area contributed by atoms with Crippen molar-refractivity contribution in [2.24, 2.45) is 0 Å². The van der Waals surface area contributed by atoms with Crippen LogP contribution in [0.2, 0.25) is 0 Å². The van der Waals surface area contributed by atoms with Crippen molar-refractivity contribution in [3.63, 3.8) is 0 Å². The van der Waals surface area contributed by atoms with Crippen molar-refractivity contribution in [3.05, 3.63) is 29.2 Å². The quantitative estimate of drug-likeness (QED) is 0.517. The fraction of sp³-hybridized carbons (Fsp3) is 0.143. The average molecular weight is 171 g/mol. The molecule has 0 spiro atoms. The lowest BCUT2D eigenvalue weighted by Crippen LogP contribution is -3.00. The highest BCUT2D eigenvalue weighted by Crippen LogP contribution is 2.16. The van der Waals surface area contributed by atoms with Gasteiger partial charge in [-0.25, -0.2) is 0 Å². The Hall–Kier alpha value is -1.27. The van der Waals surface area contributed by atoms with Crippen LogP contribution in [0.4, 0.5) is 5.69 Å². The van der Waals surface area contributed by atoms with E-state index in [2.05, 4.69) is 4.98 Å². The molecule has 1 rings (SSSR count). The van der Waals surface area contributed by atoms with E-state index in [1.54, 1.807) is 31.4 Å². The zero-order valence-corrected chi connectivity index (χ0v) is 6.75. The molecule has 0 aliphatic rings. The largest absolute Gasteiger partial charge is 1.00 e. The molecule has 0 saturated heterocycles. The summed E-state index contributed by atoms with van der Waals surface area (Å²) in [4.78, 5) is 2.99. The van der Waals surface area contributed by atoms with Crippen molar-refractivity contribution in [2.45, 2.75) is 0 Å². The Kier molecular flexibility index (Phi) is 4.01. The van der Waals surface area contributed by atoms with E-state index in [1.807, 2.05) is 0 Å². The van der Waals surface area contributed by atoms with Crippen LogP contribution in [0.5, 0.6) is 5.75 Å². The molecule has 1 aromatic carbocycles. The van der Waals surface area contributed by atoms with Gasteiger partial charge in [-0.05, 0) is 12.1 Å². The highest BCUT2D eigenvalue weighted by molar-refractivity contribution is 5.46. The summed E-state index contributed by atoms with van der Waals surface area (Å²) in [7, 11) is 1.59. The fourth-order valence-electron chi connectivity index (χ4n) is 0.649. The Morgan fingerprint density at radius 1 is 1.27 bits per heavy atom. The number of hydrogen-bond donors (Lipinski definition) is 0. The fourth-order valence-corrected chi connectivity index (χ4v) is 0.649. The lowest BCUT2D eigenvalue weighted by molar-refractivity contribution is -0.00000260. The monoisotopic (exact) mass is 170 g/mol. The first-order chi connectivity index (χ1) is 4.86. The minimum atomic E-state index is 0. The van der Waals surface area contributed by atoms with Gasteiger partial charge in [0.1, 0.15) is 5.75 Å². The van der Waals surface area contributed by atoms with Crippen molar-refractivity contribution < 1.29 is 17.1 Å². The van der Waals surface area contributed by atoms with Gasteiger partial charge in [-0.3, -0.25) is 0 Å². The van der Waals surface area contributed by atoms with Crippen LogP contribution in [0.15, 0.2) is 24.3 Å². The van der Waals surface area contributed by atoms with Crippen molar-refractivity contribution >= 4 is 5.69 Å². The molecule has 4 heteroatoms. The summed E-state index contributed by atoms with van der Waals surface area (Å²) in [6.07, 6.45) is 0. The summed E-state index contributed by atoms with van der Waals surface area (Å²) < 4.78 is 4.89. The molecule has 0 aliphatic carbocycles. The molecular formula is C7H7ClN2O. The first-order valence-electron chi connectivity index (χ1n) is 2.86. The second-order valence-electron chi connectivity index (χ2n) is 1.80. The van der Waals surface area contributed by atoms with Gasteiger partial charge in [0.05, 0.1) is 7.11 Å². The second-order valence-corrected chi connectivity index (χ2v) is 1.80. The molecule has 11 heavy (non-hydrogen) atoms. The maximum absolute atomic E-state index is 8.29. The van der Waals surface area contributed by atoms with Crippen LogP contribution < -0.4 is 17.1 Å². The van der Waals surface area contributed by atoms with Gasteiger partial charge >= 0.3 is 5.69 Å². The highest BCUT2D eigenvalue weighted by Gasteiger charge is 2.01. The van der Waals surface area contributed by atoms with Crippen LogP contribution in [0, 0.1) is 5.39 Å². The molecule has 58 valence electrons. The van der Waals surface area contributed by atoms with Gasteiger partial charge in [0.25, 0.3) is 0 Å². The average Bonchev–Trinajstić information content (AvgIpc) is 2.05. The van der Waals surface area contributed by atoms with Crippen LogP contribution in [-0.4, -0.2) is 7.11 Å². The highest BCUT2D eigenvalue weighted by atomic mass is 35.5. The number of rotatable bonds is 1. The lowest BCUT2D eigenvalue weighted by Gasteiger charge is -1.93. The molecule has 0 N–H and O–H groups in total. The van der Waals surface area contributed by atoms with E-state index >= 15 is 0 Å². The normalized spacial score (nSPS) is 7.64. The molecule has 0 bridgehead atoms. The molecule has 0 fully saturated rings. The predicted molar refractivity (Wildman–Crippen MR) is 37.7 cm³/mol. The number of ether oxygens (including phenoxy) is 1. The number of benzene rings is 1. The Balaban J connectivity index is 0.000001000. The van der Waals surface area contributed by atoms with Gasteiger partial charge in [-0.2, -0.15) is 0 Å². The Bertz CT molecular complexity index is 252. The molecule has 0 aromatic heterocycles. The summed E-state index contributed by atoms with van der Waals surface area (Å²) in [5.74, 6) is 0.757. The summed E-state index contributed by atoms with van der Waals surface area (Å²) in [6.45, 7) is 0. The van der Waals surface area contributed by atoms with Crippen molar-refractivity contribution in [1.29, 1.82) is 5.39 Å². The molecule has 0 heterocycles. The van der Waals surface area contributed by atoms with Gasteiger partial charge in [0.2, 0.25) is 5.39 Å². The standard InChI is InChI=1S/C7H7N2O.ClH/c1-10-7-4-2-6(9-8)3-5-7;/h2-5H,1H3;1H/q+1;/p-1. The zero-order valence-electron chi connectivity index (χ0n) is 5.99. The van der Waals surface area contributed by atoms with E-state index in [9.17, 15) is 0 Å². The third-order valence-electron chi connectivity index (χ3n) is 1.19. The van der Waals surface area contributed by atoms with E-state index in [4.69, 9.17) is 10.1 Å². The molecule has 0 saturated carbocycles. The maximum Gasteiger partial charge on any atom is 0.385 e. The molecule has 3 nitrogen and oxygen atoms in total. The van der Waals surface area contributed by atoms with Crippen molar-refractivity contribution in [1.82, 2.24) is 0 Å². The first kappa shape index (κ1) is 9.73. The summed E-state index contributed by atoms with van der Waals surface area (Å²) in [5.41, 5.74) is 0.529. The van der Waals surface area contributed by atoms with E-state index in [-0.39, 0.29) is 12.4 Å². The lowest BCUT2D eigenvalue weighted by atomic mass is 10.3. The number of diazo groups is 1. The van der Waals surface area contributed by atoms with Crippen LogP contribution in [0.3, 0.4) is 0 Å². The second kappa shape index (κ2) is 4.53. The minimum absolute atomic E-state index is 0. The van der Waals surface area contributed by atoms with E-state index in [1.165, 1.54) is 0 Å². The first-order valence-corrected chi connectivity index (χ1v) is 2.86. The van der Waals surface area contributed by atoms with Crippen LogP contribution in [0.25, 0.3) is 4.98 Å². The molecular weight excluding hydrogens is 164 g/mol. The number of hydrogen-bond acceptors (Lipinski definition) is 2. The zero-order chi connectivity index (χ0) is 7.40. The summed E-state index contributed by atoms with van der Waals surface area (Å²) in [6, 6.07) is 6.79. The van der Waals surface area contributed by atoms with Gasteiger partial charge in [0.15, 0.2) is 4.98 Å². The van der Waals surface area contributed by atoms with Crippen LogP contribution >= 0.6 is 0 Å². The van der Waals surface area contributed by atoms with Crippen molar-refractivity contribution in [2.75, 3.05) is 7.11 Å².